The summed E-state index contributed by atoms with van der Waals surface area (Å²) >= 11 is 0. The molecular weight excluding hydrogens is 250 g/mol. The summed E-state index contributed by atoms with van der Waals surface area (Å²) in [4.78, 5) is 9.07. The molecule has 0 fully saturated rings. The molecule has 0 unspecified atom stereocenters. The molecule has 0 amide bonds. The van der Waals surface area contributed by atoms with Crippen LogP contribution in [0.2, 0.25) is 0 Å². The minimum absolute atomic E-state index is 0.759. The maximum absolute atomic E-state index is 4.60. The van der Waals surface area contributed by atoms with Gasteiger partial charge in [0.25, 0.3) is 0 Å². The fourth-order valence-corrected chi connectivity index (χ4v) is 2.16. The predicted molar refractivity (Wildman–Crippen MR) is 81.6 cm³/mol. The molecule has 0 aliphatic carbocycles. The molecule has 20 heavy (non-hydrogen) atoms. The molecule has 0 bridgehead atoms. The monoisotopic (exact) mass is 273 g/mol. The van der Waals surface area contributed by atoms with E-state index in [-0.39, 0.29) is 0 Å². The maximum Gasteiger partial charge on any atom is 0.162 e. The van der Waals surface area contributed by atoms with Gasteiger partial charge in [-0.1, -0.05) is 6.92 Å². The third kappa shape index (κ3) is 2.53. The average Bonchev–Trinajstić information content (AvgIpc) is 2.67. The van der Waals surface area contributed by atoms with Gasteiger partial charge in [-0.25, -0.2) is 14.6 Å². The van der Waals surface area contributed by atoms with Crippen molar-refractivity contribution >= 4 is 5.82 Å². The molecular formula is C15H23N5. The van der Waals surface area contributed by atoms with Crippen LogP contribution in [0, 0.1) is 34.6 Å². The molecule has 108 valence electrons. The zero-order valence-corrected chi connectivity index (χ0v) is 13.2. The minimum atomic E-state index is 0.759. The molecule has 0 aliphatic rings. The van der Waals surface area contributed by atoms with Crippen LogP contribution < -0.4 is 5.32 Å². The molecule has 2 rings (SSSR count). The van der Waals surface area contributed by atoms with E-state index >= 15 is 0 Å². The van der Waals surface area contributed by atoms with Crippen LogP contribution in [0.25, 0.3) is 5.82 Å². The van der Waals surface area contributed by atoms with E-state index < -0.39 is 0 Å². The molecule has 0 aliphatic heterocycles. The quantitative estimate of drug-likeness (QED) is 0.930. The Morgan fingerprint density at radius 1 is 1.00 bits per heavy atom. The Morgan fingerprint density at radius 3 is 2.25 bits per heavy atom. The number of hydrogen-bond donors (Lipinski definition) is 1. The molecule has 2 aromatic heterocycles. The third-order valence-corrected chi connectivity index (χ3v) is 3.63. The summed E-state index contributed by atoms with van der Waals surface area (Å²) in [6, 6.07) is 0. The molecule has 2 heterocycles. The molecule has 1 N–H and O–H groups in total. The van der Waals surface area contributed by atoms with Gasteiger partial charge in [0, 0.05) is 17.8 Å². The van der Waals surface area contributed by atoms with Crippen LogP contribution in [-0.2, 0) is 0 Å². The molecule has 0 aromatic carbocycles. The number of rotatable bonds is 4. The van der Waals surface area contributed by atoms with Crippen LogP contribution in [-0.4, -0.2) is 26.3 Å². The molecule has 5 nitrogen and oxygen atoms in total. The second-order valence-electron chi connectivity index (χ2n) is 5.20. The lowest BCUT2D eigenvalue weighted by molar-refractivity contribution is 0.783. The van der Waals surface area contributed by atoms with E-state index in [0.717, 1.165) is 47.4 Å². The van der Waals surface area contributed by atoms with E-state index in [4.69, 9.17) is 0 Å². The van der Waals surface area contributed by atoms with Crippen LogP contribution in [0.4, 0.5) is 5.82 Å². The number of anilines is 1. The highest BCUT2D eigenvalue weighted by atomic mass is 15.3. The Labute approximate surface area is 120 Å². The highest BCUT2D eigenvalue weighted by molar-refractivity contribution is 5.52. The van der Waals surface area contributed by atoms with Crippen molar-refractivity contribution in [2.45, 2.75) is 48.0 Å². The predicted octanol–water partition coefficient (Wildman–Crippen LogP) is 3.03. The Kier molecular flexibility index (Phi) is 4.06. The molecule has 0 radical (unpaired) electrons. The Balaban J connectivity index is 2.56. The highest BCUT2D eigenvalue weighted by Gasteiger charge is 2.15. The lowest BCUT2D eigenvalue weighted by Gasteiger charge is -2.13. The van der Waals surface area contributed by atoms with E-state index in [2.05, 4.69) is 41.2 Å². The SMILES string of the molecule is CCCNc1nc(C)nc(-n2nc(C)c(C)c2C)c1C. The van der Waals surface area contributed by atoms with Gasteiger partial charge < -0.3 is 5.32 Å². The number of aryl methyl sites for hydroxylation is 2. The second-order valence-corrected chi connectivity index (χ2v) is 5.20. The molecule has 2 aromatic rings. The second kappa shape index (κ2) is 5.61. The van der Waals surface area contributed by atoms with Crippen LogP contribution in [0.1, 0.15) is 41.7 Å². The van der Waals surface area contributed by atoms with Crippen molar-refractivity contribution < 1.29 is 0 Å². The highest BCUT2D eigenvalue weighted by Crippen LogP contribution is 2.22. The molecule has 0 saturated carbocycles. The standard InChI is InChI=1S/C15H23N5/c1-7-8-16-14-10(3)15(18-13(6)17-14)20-12(5)9(2)11(4)19-20/h7-8H2,1-6H3,(H,16,17,18). The van der Waals surface area contributed by atoms with Crippen molar-refractivity contribution in [2.24, 2.45) is 0 Å². The Hall–Kier alpha value is -1.91. The van der Waals surface area contributed by atoms with Gasteiger partial charge in [0.2, 0.25) is 0 Å². The van der Waals surface area contributed by atoms with Crippen LogP contribution in [0.3, 0.4) is 0 Å². The summed E-state index contributed by atoms with van der Waals surface area (Å²) < 4.78 is 1.92. The number of nitrogens with one attached hydrogen (secondary N) is 1. The maximum atomic E-state index is 4.60. The number of nitrogens with zero attached hydrogens (tertiary/aromatic N) is 4. The van der Waals surface area contributed by atoms with Gasteiger partial charge in [0.1, 0.15) is 11.6 Å². The molecule has 0 atom stereocenters. The first kappa shape index (κ1) is 14.5. The van der Waals surface area contributed by atoms with Gasteiger partial charge in [-0.3, -0.25) is 0 Å². The van der Waals surface area contributed by atoms with Crippen LogP contribution >= 0.6 is 0 Å². The summed E-state index contributed by atoms with van der Waals surface area (Å²) in [5.74, 6) is 2.53. The van der Waals surface area contributed by atoms with Crippen LogP contribution in [0.15, 0.2) is 0 Å². The number of hydrogen-bond acceptors (Lipinski definition) is 4. The summed E-state index contributed by atoms with van der Waals surface area (Å²) in [7, 11) is 0. The van der Waals surface area contributed by atoms with E-state index in [1.807, 2.05) is 25.5 Å². The van der Waals surface area contributed by atoms with Crippen molar-refractivity contribution in [3.63, 3.8) is 0 Å². The van der Waals surface area contributed by atoms with E-state index in [9.17, 15) is 0 Å². The first-order chi connectivity index (χ1) is 9.45. The van der Waals surface area contributed by atoms with Crippen molar-refractivity contribution in [1.29, 1.82) is 0 Å². The largest absolute Gasteiger partial charge is 0.370 e. The fourth-order valence-electron chi connectivity index (χ4n) is 2.16. The Morgan fingerprint density at radius 2 is 1.70 bits per heavy atom. The van der Waals surface area contributed by atoms with Crippen molar-refractivity contribution in [1.82, 2.24) is 19.7 Å². The molecule has 0 saturated heterocycles. The van der Waals surface area contributed by atoms with Crippen LogP contribution in [0.5, 0.6) is 0 Å². The van der Waals surface area contributed by atoms with E-state index in [1.54, 1.807) is 0 Å². The zero-order valence-electron chi connectivity index (χ0n) is 13.2. The minimum Gasteiger partial charge on any atom is -0.370 e. The first-order valence-electron chi connectivity index (χ1n) is 7.08. The summed E-state index contributed by atoms with van der Waals surface area (Å²) in [5, 5.41) is 7.96. The van der Waals surface area contributed by atoms with Gasteiger partial charge in [-0.15, -0.1) is 0 Å². The molecule has 0 spiro atoms. The summed E-state index contributed by atoms with van der Waals surface area (Å²) in [6.45, 7) is 13.2. The van der Waals surface area contributed by atoms with Gasteiger partial charge in [0.15, 0.2) is 5.82 Å². The van der Waals surface area contributed by atoms with Crippen molar-refractivity contribution in [3.8, 4) is 5.82 Å². The summed E-state index contributed by atoms with van der Waals surface area (Å²) in [5.41, 5.74) is 4.42. The Bertz CT molecular complexity index is 628. The van der Waals surface area contributed by atoms with Crippen molar-refractivity contribution in [3.05, 3.63) is 28.3 Å². The zero-order chi connectivity index (χ0) is 14.9. The first-order valence-corrected chi connectivity index (χ1v) is 7.08. The fraction of sp³-hybridized carbons (Fsp3) is 0.533. The van der Waals surface area contributed by atoms with E-state index in [1.165, 1.54) is 5.56 Å². The van der Waals surface area contributed by atoms with Crippen molar-refractivity contribution in [2.75, 3.05) is 11.9 Å². The van der Waals surface area contributed by atoms with Gasteiger partial charge in [0.05, 0.1) is 5.69 Å². The van der Waals surface area contributed by atoms with Gasteiger partial charge >= 0.3 is 0 Å². The average molecular weight is 273 g/mol. The molecule has 5 heteroatoms. The van der Waals surface area contributed by atoms with E-state index in [0.29, 0.717) is 0 Å². The smallest absolute Gasteiger partial charge is 0.162 e. The number of aromatic nitrogens is 4. The lowest BCUT2D eigenvalue weighted by atomic mass is 10.2. The van der Waals surface area contributed by atoms with Gasteiger partial charge in [-0.05, 0) is 46.6 Å². The lowest BCUT2D eigenvalue weighted by Crippen LogP contribution is -2.12. The topological polar surface area (TPSA) is 55.6 Å². The summed E-state index contributed by atoms with van der Waals surface area (Å²) in [6.07, 6.45) is 1.07. The van der Waals surface area contributed by atoms with Gasteiger partial charge in [-0.2, -0.15) is 5.10 Å². The normalized spacial score (nSPS) is 10.9. The third-order valence-electron chi connectivity index (χ3n) is 3.63.